The SMILES string of the molecule is C=CC(=O)Nc1cc(OC)c(OC)cc1C(=O)OC. The predicted molar refractivity (Wildman–Crippen MR) is 69.7 cm³/mol. The van der Waals surface area contributed by atoms with Crippen molar-refractivity contribution in [2.75, 3.05) is 26.6 Å². The van der Waals surface area contributed by atoms with Crippen LogP contribution in [0.15, 0.2) is 24.8 Å². The first-order valence-electron chi connectivity index (χ1n) is 5.35. The number of carbonyl (C=O) groups is 2. The minimum absolute atomic E-state index is 0.162. The van der Waals surface area contributed by atoms with Crippen LogP contribution in [0.2, 0.25) is 0 Å². The average molecular weight is 265 g/mol. The summed E-state index contributed by atoms with van der Waals surface area (Å²) in [6.07, 6.45) is 1.10. The van der Waals surface area contributed by atoms with Crippen molar-refractivity contribution >= 4 is 17.6 Å². The van der Waals surface area contributed by atoms with E-state index in [2.05, 4.69) is 16.6 Å². The van der Waals surface area contributed by atoms with Crippen molar-refractivity contribution in [3.8, 4) is 11.5 Å². The van der Waals surface area contributed by atoms with Crippen molar-refractivity contribution in [2.24, 2.45) is 0 Å². The summed E-state index contributed by atoms with van der Waals surface area (Å²) >= 11 is 0. The van der Waals surface area contributed by atoms with Gasteiger partial charge in [0.05, 0.1) is 32.6 Å². The summed E-state index contributed by atoms with van der Waals surface area (Å²) in [6.45, 7) is 3.34. The lowest BCUT2D eigenvalue weighted by Crippen LogP contribution is -2.13. The highest BCUT2D eigenvalue weighted by atomic mass is 16.5. The minimum Gasteiger partial charge on any atom is -0.493 e. The maximum Gasteiger partial charge on any atom is 0.340 e. The van der Waals surface area contributed by atoms with Gasteiger partial charge in [-0.25, -0.2) is 4.79 Å². The molecular formula is C13H15NO5. The second-order valence-corrected chi connectivity index (χ2v) is 3.44. The molecule has 0 spiro atoms. The van der Waals surface area contributed by atoms with Gasteiger partial charge in [0.1, 0.15) is 0 Å². The number of anilines is 1. The van der Waals surface area contributed by atoms with Crippen molar-refractivity contribution in [3.63, 3.8) is 0 Å². The highest BCUT2D eigenvalue weighted by Crippen LogP contribution is 2.33. The van der Waals surface area contributed by atoms with Crippen LogP contribution < -0.4 is 14.8 Å². The summed E-state index contributed by atoms with van der Waals surface area (Å²) in [6, 6.07) is 2.91. The molecule has 0 radical (unpaired) electrons. The van der Waals surface area contributed by atoms with E-state index in [-0.39, 0.29) is 11.3 Å². The number of carbonyl (C=O) groups excluding carboxylic acids is 2. The van der Waals surface area contributed by atoms with E-state index in [1.165, 1.54) is 33.5 Å². The third-order valence-electron chi connectivity index (χ3n) is 2.37. The molecule has 0 atom stereocenters. The molecule has 0 aliphatic rings. The van der Waals surface area contributed by atoms with Crippen molar-refractivity contribution < 1.29 is 23.8 Å². The Morgan fingerprint density at radius 1 is 1.16 bits per heavy atom. The van der Waals surface area contributed by atoms with Gasteiger partial charge in [0, 0.05) is 12.1 Å². The Morgan fingerprint density at radius 2 is 1.74 bits per heavy atom. The summed E-state index contributed by atoms with van der Waals surface area (Å²) in [4.78, 5) is 23.0. The van der Waals surface area contributed by atoms with E-state index < -0.39 is 11.9 Å². The molecule has 0 unspecified atom stereocenters. The van der Waals surface area contributed by atoms with Gasteiger partial charge in [0.25, 0.3) is 0 Å². The molecule has 0 saturated heterocycles. The van der Waals surface area contributed by atoms with Crippen LogP contribution >= 0.6 is 0 Å². The Bertz CT molecular complexity index is 510. The lowest BCUT2D eigenvalue weighted by atomic mass is 10.1. The first-order chi connectivity index (χ1) is 9.07. The molecule has 0 fully saturated rings. The second-order valence-electron chi connectivity index (χ2n) is 3.44. The summed E-state index contributed by atoms with van der Waals surface area (Å²) < 4.78 is 14.9. The topological polar surface area (TPSA) is 73.9 Å². The molecule has 19 heavy (non-hydrogen) atoms. The Balaban J connectivity index is 3.34. The van der Waals surface area contributed by atoms with Crippen molar-refractivity contribution in [1.29, 1.82) is 0 Å². The van der Waals surface area contributed by atoms with E-state index in [1.807, 2.05) is 0 Å². The fraction of sp³-hybridized carbons (Fsp3) is 0.231. The van der Waals surface area contributed by atoms with E-state index >= 15 is 0 Å². The van der Waals surface area contributed by atoms with Gasteiger partial charge in [-0.3, -0.25) is 4.79 Å². The molecule has 1 amide bonds. The minimum atomic E-state index is -0.597. The number of methoxy groups -OCH3 is 3. The van der Waals surface area contributed by atoms with Crippen LogP contribution in [0.4, 0.5) is 5.69 Å². The molecule has 0 bridgehead atoms. The van der Waals surface area contributed by atoms with Gasteiger partial charge in [0.15, 0.2) is 11.5 Å². The van der Waals surface area contributed by atoms with Gasteiger partial charge in [-0.05, 0) is 6.08 Å². The molecule has 0 aromatic heterocycles. The van der Waals surface area contributed by atoms with Gasteiger partial charge < -0.3 is 19.5 Å². The van der Waals surface area contributed by atoms with E-state index in [1.54, 1.807) is 0 Å². The Hall–Kier alpha value is -2.50. The molecule has 1 aromatic carbocycles. The van der Waals surface area contributed by atoms with Crippen LogP contribution in [-0.2, 0) is 9.53 Å². The second kappa shape index (κ2) is 6.44. The quantitative estimate of drug-likeness (QED) is 0.646. The molecule has 6 nitrogen and oxygen atoms in total. The van der Waals surface area contributed by atoms with Crippen LogP contribution in [0.5, 0.6) is 11.5 Å². The standard InChI is InChI=1S/C13H15NO5/c1-5-12(15)14-9-7-11(18-3)10(17-2)6-8(9)13(16)19-4/h5-7H,1H2,2-4H3,(H,14,15). The molecule has 102 valence electrons. The largest absolute Gasteiger partial charge is 0.493 e. The van der Waals surface area contributed by atoms with Crippen molar-refractivity contribution in [2.45, 2.75) is 0 Å². The summed E-state index contributed by atoms with van der Waals surface area (Å²) in [7, 11) is 4.15. The van der Waals surface area contributed by atoms with Gasteiger partial charge >= 0.3 is 5.97 Å². The zero-order chi connectivity index (χ0) is 14.4. The number of nitrogens with one attached hydrogen (secondary N) is 1. The van der Waals surface area contributed by atoms with E-state index in [0.717, 1.165) is 6.08 Å². The fourth-order valence-electron chi connectivity index (χ4n) is 1.45. The number of esters is 1. The van der Waals surface area contributed by atoms with Gasteiger partial charge in [-0.1, -0.05) is 6.58 Å². The van der Waals surface area contributed by atoms with Crippen molar-refractivity contribution in [1.82, 2.24) is 0 Å². The number of benzene rings is 1. The molecule has 1 rings (SSSR count). The van der Waals surface area contributed by atoms with Crippen LogP contribution in [-0.4, -0.2) is 33.2 Å². The molecule has 1 N–H and O–H groups in total. The normalized spacial score (nSPS) is 9.42. The highest BCUT2D eigenvalue weighted by Gasteiger charge is 2.18. The first-order valence-corrected chi connectivity index (χ1v) is 5.35. The Kier molecular flexibility index (Phi) is 4.93. The number of hydrogen-bond acceptors (Lipinski definition) is 5. The maximum absolute atomic E-state index is 11.7. The van der Waals surface area contributed by atoms with E-state index in [9.17, 15) is 9.59 Å². The summed E-state index contributed by atoms with van der Waals surface area (Å²) in [5.41, 5.74) is 0.421. The predicted octanol–water partition coefficient (Wildman–Crippen LogP) is 1.61. The molecule has 0 heterocycles. The monoisotopic (exact) mass is 265 g/mol. The zero-order valence-corrected chi connectivity index (χ0v) is 11.0. The number of amides is 1. The highest BCUT2D eigenvalue weighted by molar-refractivity contribution is 6.05. The molecule has 0 saturated carbocycles. The van der Waals surface area contributed by atoms with Crippen LogP contribution in [0.1, 0.15) is 10.4 Å². The lowest BCUT2D eigenvalue weighted by Gasteiger charge is -2.13. The van der Waals surface area contributed by atoms with Gasteiger partial charge in [-0.2, -0.15) is 0 Å². The molecule has 0 aliphatic heterocycles. The zero-order valence-electron chi connectivity index (χ0n) is 11.0. The van der Waals surface area contributed by atoms with Crippen LogP contribution in [0.3, 0.4) is 0 Å². The number of rotatable bonds is 5. The van der Waals surface area contributed by atoms with Gasteiger partial charge in [-0.15, -0.1) is 0 Å². The van der Waals surface area contributed by atoms with Crippen LogP contribution in [0.25, 0.3) is 0 Å². The van der Waals surface area contributed by atoms with E-state index in [4.69, 9.17) is 9.47 Å². The molecular weight excluding hydrogens is 250 g/mol. The Morgan fingerprint density at radius 3 is 2.21 bits per heavy atom. The maximum atomic E-state index is 11.7. The lowest BCUT2D eigenvalue weighted by molar-refractivity contribution is -0.111. The molecule has 1 aromatic rings. The third kappa shape index (κ3) is 3.25. The third-order valence-corrected chi connectivity index (χ3v) is 2.37. The van der Waals surface area contributed by atoms with Crippen LogP contribution in [0, 0.1) is 0 Å². The fourth-order valence-corrected chi connectivity index (χ4v) is 1.45. The smallest absolute Gasteiger partial charge is 0.340 e. The van der Waals surface area contributed by atoms with Crippen molar-refractivity contribution in [3.05, 3.63) is 30.4 Å². The molecule has 6 heteroatoms. The van der Waals surface area contributed by atoms with E-state index in [0.29, 0.717) is 11.5 Å². The van der Waals surface area contributed by atoms with Gasteiger partial charge in [0.2, 0.25) is 5.91 Å². The molecule has 0 aliphatic carbocycles. The average Bonchev–Trinajstić information content (AvgIpc) is 2.45. The Labute approximate surface area is 111 Å². The first kappa shape index (κ1) is 14.6. The summed E-state index contributed by atoms with van der Waals surface area (Å²) in [5, 5.41) is 2.51. The summed E-state index contributed by atoms with van der Waals surface area (Å²) in [5.74, 6) is -0.299. The number of ether oxygens (including phenoxy) is 3. The number of hydrogen-bond donors (Lipinski definition) is 1.